The minimum absolute atomic E-state index is 0.0517. The second-order valence-corrected chi connectivity index (χ2v) is 11.8. The summed E-state index contributed by atoms with van der Waals surface area (Å²) in [5, 5.41) is 1.36. The molecule has 2 heterocycles. The van der Waals surface area contributed by atoms with Gasteiger partial charge in [0, 0.05) is 24.0 Å². The number of hydrogen-bond donors (Lipinski definition) is 0. The van der Waals surface area contributed by atoms with Gasteiger partial charge in [-0.2, -0.15) is 0 Å². The monoisotopic (exact) mass is 484 g/mol. The zero-order chi connectivity index (χ0) is 23.6. The Labute approximate surface area is 199 Å². The van der Waals surface area contributed by atoms with Gasteiger partial charge in [-0.3, -0.25) is 4.79 Å². The summed E-state index contributed by atoms with van der Waals surface area (Å²) in [7, 11) is -1.43. The van der Waals surface area contributed by atoms with E-state index in [-0.39, 0.29) is 23.5 Å². The third-order valence-electron chi connectivity index (χ3n) is 6.00. The number of carbonyl (C=O) groups excluding carboxylic acids is 1. The number of pyridine rings is 1. The SMILES string of the molecule is CCN(C(=O)[C@H](C)Sc1cc(-c2ccccc2)c2ccc(OC)cc2n1)[C@H]1CCS(=O)(=O)C1. The normalized spacial score (nSPS) is 18.2. The molecule has 0 radical (unpaired) electrons. The molecule has 3 aromatic rings. The molecule has 4 rings (SSSR count). The number of fused-ring (bicyclic) bond motifs is 1. The average molecular weight is 485 g/mol. The summed E-state index contributed by atoms with van der Waals surface area (Å²) in [5.41, 5.74) is 2.91. The molecule has 0 bridgehead atoms. The van der Waals surface area contributed by atoms with E-state index in [1.807, 2.05) is 56.3 Å². The number of sulfone groups is 1. The molecule has 0 N–H and O–H groups in total. The van der Waals surface area contributed by atoms with Crippen molar-refractivity contribution in [3.8, 4) is 16.9 Å². The van der Waals surface area contributed by atoms with Crippen LogP contribution in [0.5, 0.6) is 5.75 Å². The van der Waals surface area contributed by atoms with Crippen LogP contribution in [0.15, 0.2) is 59.6 Å². The van der Waals surface area contributed by atoms with Gasteiger partial charge in [-0.05, 0) is 49.6 Å². The van der Waals surface area contributed by atoms with Gasteiger partial charge in [0.2, 0.25) is 5.91 Å². The van der Waals surface area contributed by atoms with E-state index in [9.17, 15) is 13.2 Å². The van der Waals surface area contributed by atoms with Crippen molar-refractivity contribution in [2.75, 3.05) is 25.2 Å². The van der Waals surface area contributed by atoms with Gasteiger partial charge in [0.15, 0.2) is 9.84 Å². The number of amides is 1. The minimum atomic E-state index is -3.06. The van der Waals surface area contributed by atoms with Gasteiger partial charge in [0.1, 0.15) is 5.75 Å². The van der Waals surface area contributed by atoms with Gasteiger partial charge in [-0.1, -0.05) is 42.1 Å². The Morgan fingerprint density at radius 1 is 1.21 bits per heavy atom. The van der Waals surface area contributed by atoms with Crippen LogP contribution < -0.4 is 4.74 Å². The van der Waals surface area contributed by atoms with Crippen molar-refractivity contribution in [3.05, 3.63) is 54.6 Å². The van der Waals surface area contributed by atoms with Crippen molar-refractivity contribution in [1.82, 2.24) is 9.88 Å². The Kier molecular flexibility index (Phi) is 6.95. The van der Waals surface area contributed by atoms with Crippen LogP contribution in [0.3, 0.4) is 0 Å². The number of hydrogen-bond acceptors (Lipinski definition) is 6. The first-order chi connectivity index (χ1) is 15.8. The molecule has 0 spiro atoms. The van der Waals surface area contributed by atoms with E-state index in [1.165, 1.54) is 11.8 Å². The summed E-state index contributed by atoms with van der Waals surface area (Å²) in [6.45, 7) is 4.24. The predicted octanol–water partition coefficient (Wildman–Crippen LogP) is 4.43. The highest BCUT2D eigenvalue weighted by Crippen LogP contribution is 2.35. The van der Waals surface area contributed by atoms with Crippen LogP contribution in [-0.4, -0.2) is 60.7 Å². The molecule has 1 amide bonds. The van der Waals surface area contributed by atoms with Crippen molar-refractivity contribution >= 4 is 38.4 Å². The molecule has 1 aliphatic rings. The van der Waals surface area contributed by atoms with Crippen molar-refractivity contribution in [1.29, 1.82) is 0 Å². The first kappa shape index (κ1) is 23.6. The highest BCUT2D eigenvalue weighted by molar-refractivity contribution is 8.00. The Morgan fingerprint density at radius 2 is 1.97 bits per heavy atom. The van der Waals surface area contributed by atoms with Gasteiger partial charge >= 0.3 is 0 Å². The van der Waals surface area contributed by atoms with Crippen LogP contribution in [-0.2, 0) is 14.6 Å². The molecule has 8 heteroatoms. The topological polar surface area (TPSA) is 76.6 Å². The number of aromatic nitrogens is 1. The maximum absolute atomic E-state index is 13.3. The number of carbonyl (C=O) groups is 1. The van der Waals surface area contributed by atoms with Crippen molar-refractivity contribution in [2.24, 2.45) is 0 Å². The molecule has 1 saturated heterocycles. The predicted molar refractivity (Wildman–Crippen MR) is 133 cm³/mol. The van der Waals surface area contributed by atoms with E-state index in [0.29, 0.717) is 13.0 Å². The van der Waals surface area contributed by atoms with Crippen LogP contribution in [0.2, 0.25) is 0 Å². The lowest BCUT2D eigenvalue weighted by atomic mass is 10.0. The summed E-state index contributed by atoms with van der Waals surface area (Å²) >= 11 is 1.40. The maximum Gasteiger partial charge on any atom is 0.236 e. The highest BCUT2D eigenvalue weighted by Gasteiger charge is 2.35. The third kappa shape index (κ3) is 5.17. The molecular weight excluding hydrogens is 456 g/mol. The summed E-state index contributed by atoms with van der Waals surface area (Å²) in [6, 6.07) is 17.7. The minimum Gasteiger partial charge on any atom is -0.497 e. The van der Waals surface area contributed by atoms with Crippen molar-refractivity contribution in [2.45, 2.75) is 36.6 Å². The Bertz CT molecular complexity index is 1260. The standard InChI is InChI=1S/C25H28N2O4S2/c1-4-27(19-12-13-33(29,30)16-19)25(28)17(2)32-24-15-22(18-8-6-5-7-9-18)21-11-10-20(31-3)14-23(21)26-24/h5-11,14-15,17,19H,4,12-13,16H2,1-3H3/t17-,19-/m0/s1. The zero-order valence-electron chi connectivity index (χ0n) is 19.0. The molecule has 6 nitrogen and oxygen atoms in total. The Balaban J connectivity index is 1.65. The van der Waals surface area contributed by atoms with E-state index in [1.54, 1.807) is 12.0 Å². The molecule has 0 unspecified atom stereocenters. The number of thioether (sulfide) groups is 1. The molecule has 174 valence electrons. The van der Waals surface area contributed by atoms with Crippen LogP contribution in [0.1, 0.15) is 20.3 Å². The lowest BCUT2D eigenvalue weighted by molar-refractivity contribution is -0.131. The number of nitrogens with zero attached hydrogens (tertiary/aromatic N) is 2. The molecule has 2 aromatic carbocycles. The Hall–Kier alpha value is -2.58. The van der Waals surface area contributed by atoms with Crippen LogP contribution >= 0.6 is 11.8 Å². The molecular formula is C25H28N2O4S2. The quantitative estimate of drug-likeness (QED) is 0.462. The first-order valence-corrected chi connectivity index (χ1v) is 13.7. The Morgan fingerprint density at radius 3 is 2.61 bits per heavy atom. The fourth-order valence-electron chi connectivity index (χ4n) is 4.31. The maximum atomic E-state index is 13.3. The fraction of sp³-hybridized carbons (Fsp3) is 0.360. The van der Waals surface area contributed by atoms with Crippen molar-refractivity contribution in [3.63, 3.8) is 0 Å². The molecule has 33 heavy (non-hydrogen) atoms. The first-order valence-electron chi connectivity index (χ1n) is 11.0. The van der Waals surface area contributed by atoms with E-state index in [0.717, 1.165) is 32.8 Å². The lowest BCUT2D eigenvalue weighted by Crippen LogP contribution is -2.44. The smallest absolute Gasteiger partial charge is 0.236 e. The molecule has 0 aliphatic carbocycles. The number of rotatable bonds is 7. The van der Waals surface area contributed by atoms with E-state index in [4.69, 9.17) is 9.72 Å². The second-order valence-electron chi connectivity index (χ2n) is 8.20. The molecule has 2 atom stereocenters. The number of ether oxygens (including phenoxy) is 1. The molecule has 0 saturated carbocycles. The van der Waals surface area contributed by atoms with Gasteiger partial charge in [-0.15, -0.1) is 0 Å². The average Bonchev–Trinajstić information content (AvgIpc) is 3.18. The third-order valence-corrected chi connectivity index (χ3v) is 8.75. The summed E-state index contributed by atoms with van der Waals surface area (Å²) in [4.78, 5) is 19.8. The molecule has 1 aliphatic heterocycles. The second kappa shape index (κ2) is 9.73. The summed E-state index contributed by atoms with van der Waals surface area (Å²) in [6.07, 6.45) is 0.505. The van der Waals surface area contributed by atoms with Gasteiger partial charge in [-0.25, -0.2) is 13.4 Å². The van der Waals surface area contributed by atoms with Gasteiger partial charge < -0.3 is 9.64 Å². The largest absolute Gasteiger partial charge is 0.497 e. The summed E-state index contributed by atoms with van der Waals surface area (Å²) < 4.78 is 29.3. The van der Waals surface area contributed by atoms with E-state index in [2.05, 4.69) is 12.1 Å². The highest BCUT2D eigenvalue weighted by atomic mass is 32.2. The van der Waals surface area contributed by atoms with Gasteiger partial charge in [0.25, 0.3) is 0 Å². The fourth-order valence-corrected chi connectivity index (χ4v) is 6.97. The van der Waals surface area contributed by atoms with Gasteiger partial charge in [0.05, 0.1) is 34.4 Å². The number of methoxy groups -OCH3 is 1. The molecule has 1 aromatic heterocycles. The van der Waals surface area contributed by atoms with E-state index < -0.39 is 15.1 Å². The van der Waals surface area contributed by atoms with Crippen molar-refractivity contribution < 1.29 is 17.9 Å². The molecule has 1 fully saturated rings. The van der Waals surface area contributed by atoms with Crippen LogP contribution in [0.4, 0.5) is 0 Å². The van der Waals surface area contributed by atoms with E-state index >= 15 is 0 Å². The summed E-state index contributed by atoms with van der Waals surface area (Å²) in [5.74, 6) is 0.867. The zero-order valence-corrected chi connectivity index (χ0v) is 20.7. The van der Waals surface area contributed by atoms with Crippen LogP contribution in [0.25, 0.3) is 22.0 Å². The number of benzene rings is 2. The lowest BCUT2D eigenvalue weighted by Gasteiger charge is -2.29. The van der Waals surface area contributed by atoms with Crippen LogP contribution in [0, 0.1) is 0 Å².